The van der Waals surface area contributed by atoms with Gasteiger partial charge in [-0.3, -0.25) is 4.79 Å². The van der Waals surface area contributed by atoms with Crippen molar-refractivity contribution in [2.45, 2.75) is 20.8 Å². The fourth-order valence-electron chi connectivity index (χ4n) is 2.46. The minimum Gasteiger partial charge on any atom is -0.477 e. The Morgan fingerprint density at radius 1 is 1.24 bits per heavy atom. The van der Waals surface area contributed by atoms with E-state index in [-0.39, 0.29) is 5.91 Å². The number of aromatic nitrogens is 4. The van der Waals surface area contributed by atoms with Crippen molar-refractivity contribution in [3.8, 4) is 11.7 Å². The Balaban J connectivity index is 1.78. The number of carbonyl (C=O) groups is 1. The van der Waals surface area contributed by atoms with Crippen molar-refractivity contribution in [3.05, 3.63) is 59.7 Å². The number of nitrogens with zero attached hydrogens (tertiary/aromatic N) is 4. The van der Waals surface area contributed by atoms with Gasteiger partial charge < -0.3 is 10.1 Å². The van der Waals surface area contributed by atoms with Crippen LogP contribution in [0.1, 0.15) is 28.7 Å². The summed E-state index contributed by atoms with van der Waals surface area (Å²) in [6, 6.07) is 8.94. The number of hydrogen-bond acceptors (Lipinski definition) is 5. The third-order valence-corrected chi connectivity index (χ3v) is 3.53. The van der Waals surface area contributed by atoms with Crippen LogP contribution in [-0.4, -0.2) is 32.3 Å². The first kappa shape index (κ1) is 16.6. The van der Waals surface area contributed by atoms with Crippen LogP contribution in [0.2, 0.25) is 0 Å². The first-order valence-corrected chi connectivity index (χ1v) is 7.97. The van der Waals surface area contributed by atoms with Crippen molar-refractivity contribution in [3.63, 3.8) is 0 Å². The number of pyridine rings is 2. The summed E-state index contributed by atoms with van der Waals surface area (Å²) < 4.78 is 7.15. The van der Waals surface area contributed by atoms with Crippen molar-refractivity contribution in [1.82, 2.24) is 19.7 Å². The van der Waals surface area contributed by atoms with Crippen LogP contribution in [0.15, 0.2) is 42.7 Å². The third-order valence-electron chi connectivity index (χ3n) is 3.53. The normalized spacial score (nSPS) is 10.5. The Morgan fingerprint density at radius 2 is 2.08 bits per heavy atom. The molecule has 3 aromatic rings. The van der Waals surface area contributed by atoms with Gasteiger partial charge >= 0.3 is 0 Å². The van der Waals surface area contributed by atoms with Gasteiger partial charge in [0.05, 0.1) is 24.2 Å². The zero-order chi connectivity index (χ0) is 17.8. The highest BCUT2D eigenvalue weighted by Gasteiger charge is 2.14. The van der Waals surface area contributed by atoms with E-state index in [4.69, 9.17) is 4.74 Å². The van der Waals surface area contributed by atoms with E-state index in [0.717, 1.165) is 11.4 Å². The van der Waals surface area contributed by atoms with Crippen LogP contribution in [0.5, 0.6) is 5.88 Å². The summed E-state index contributed by atoms with van der Waals surface area (Å²) in [6.45, 7) is 6.19. The molecule has 0 bridgehead atoms. The highest BCUT2D eigenvalue weighted by molar-refractivity contribution is 6.05. The number of amides is 1. The monoisotopic (exact) mass is 337 g/mol. The van der Waals surface area contributed by atoms with Crippen LogP contribution in [-0.2, 0) is 0 Å². The fourth-order valence-corrected chi connectivity index (χ4v) is 2.46. The minimum atomic E-state index is -0.294. The zero-order valence-corrected chi connectivity index (χ0v) is 14.4. The van der Waals surface area contributed by atoms with Crippen LogP contribution >= 0.6 is 0 Å². The number of rotatable bonds is 5. The Labute approximate surface area is 145 Å². The molecule has 128 valence electrons. The molecule has 0 aliphatic rings. The van der Waals surface area contributed by atoms with Crippen molar-refractivity contribution < 1.29 is 9.53 Å². The SMILES string of the molecule is CCOc1ncccc1C(=O)Nc1ccc(-n2nc(C)cc2C)nc1. The predicted octanol–water partition coefficient (Wildman–Crippen LogP) is 2.93. The number of aryl methyl sites for hydroxylation is 2. The molecule has 3 aromatic heterocycles. The molecule has 7 nitrogen and oxygen atoms in total. The Morgan fingerprint density at radius 3 is 2.72 bits per heavy atom. The van der Waals surface area contributed by atoms with E-state index < -0.39 is 0 Å². The fraction of sp³-hybridized carbons (Fsp3) is 0.222. The third kappa shape index (κ3) is 3.65. The number of ether oxygens (including phenoxy) is 1. The van der Waals surface area contributed by atoms with Crippen molar-refractivity contribution in [2.24, 2.45) is 0 Å². The molecular formula is C18H19N5O2. The van der Waals surface area contributed by atoms with E-state index in [2.05, 4.69) is 20.4 Å². The van der Waals surface area contributed by atoms with Gasteiger partial charge in [0.1, 0.15) is 5.56 Å². The Bertz CT molecular complexity index is 887. The van der Waals surface area contributed by atoms with Gasteiger partial charge in [-0.2, -0.15) is 5.10 Å². The first-order chi connectivity index (χ1) is 12.1. The molecule has 0 atom stereocenters. The molecule has 0 saturated heterocycles. The molecule has 3 heterocycles. The number of anilines is 1. The van der Waals surface area contributed by atoms with E-state index in [1.807, 2.05) is 32.9 Å². The second-order valence-corrected chi connectivity index (χ2v) is 5.49. The van der Waals surface area contributed by atoms with Crippen LogP contribution in [0, 0.1) is 13.8 Å². The number of nitrogens with one attached hydrogen (secondary N) is 1. The molecule has 0 spiro atoms. The lowest BCUT2D eigenvalue weighted by atomic mass is 10.2. The molecule has 0 aromatic carbocycles. The highest BCUT2D eigenvalue weighted by atomic mass is 16.5. The van der Waals surface area contributed by atoms with Crippen molar-refractivity contribution >= 4 is 11.6 Å². The minimum absolute atomic E-state index is 0.294. The Kier molecular flexibility index (Phi) is 4.74. The zero-order valence-electron chi connectivity index (χ0n) is 14.4. The lowest BCUT2D eigenvalue weighted by Crippen LogP contribution is -2.14. The lowest BCUT2D eigenvalue weighted by Gasteiger charge is -2.10. The van der Waals surface area contributed by atoms with E-state index >= 15 is 0 Å². The molecule has 1 N–H and O–H groups in total. The second kappa shape index (κ2) is 7.12. The standard InChI is InChI=1S/C18H19N5O2/c1-4-25-18-15(6-5-9-19-18)17(24)21-14-7-8-16(20-11-14)23-13(3)10-12(2)22-23/h5-11H,4H2,1-3H3,(H,21,24). The van der Waals surface area contributed by atoms with Gasteiger partial charge in [-0.25, -0.2) is 14.6 Å². The van der Waals surface area contributed by atoms with Crippen LogP contribution in [0.3, 0.4) is 0 Å². The molecule has 0 aliphatic carbocycles. The summed E-state index contributed by atoms with van der Waals surface area (Å²) in [6.07, 6.45) is 3.19. The van der Waals surface area contributed by atoms with Gasteiger partial charge in [0.25, 0.3) is 5.91 Å². The molecule has 0 aliphatic heterocycles. The quantitative estimate of drug-likeness (QED) is 0.774. The van der Waals surface area contributed by atoms with Gasteiger partial charge in [-0.05, 0) is 51.1 Å². The summed E-state index contributed by atoms with van der Waals surface area (Å²) in [4.78, 5) is 20.9. The maximum atomic E-state index is 12.4. The van der Waals surface area contributed by atoms with E-state index in [1.54, 1.807) is 35.3 Å². The van der Waals surface area contributed by atoms with Gasteiger partial charge in [0, 0.05) is 11.9 Å². The summed E-state index contributed by atoms with van der Waals surface area (Å²) in [7, 11) is 0. The second-order valence-electron chi connectivity index (χ2n) is 5.49. The largest absolute Gasteiger partial charge is 0.477 e. The summed E-state index contributed by atoms with van der Waals surface area (Å²) in [5, 5.41) is 7.20. The summed E-state index contributed by atoms with van der Waals surface area (Å²) in [5.41, 5.74) is 2.89. The summed E-state index contributed by atoms with van der Waals surface area (Å²) >= 11 is 0. The molecule has 3 rings (SSSR count). The molecule has 25 heavy (non-hydrogen) atoms. The lowest BCUT2D eigenvalue weighted by molar-refractivity contribution is 0.102. The molecule has 0 saturated carbocycles. The number of hydrogen-bond donors (Lipinski definition) is 1. The highest BCUT2D eigenvalue weighted by Crippen LogP contribution is 2.17. The molecular weight excluding hydrogens is 318 g/mol. The molecule has 0 radical (unpaired) electrons. The maximum absolute atomic E-state index is 12.4. The predicted molar refractivity (Wildman–Crippen MR) is 94.2 cm³/mol. The molecule has 1 amide bonds. The molecule has 0 unspecified atom stereocenters. The van der Waals surface area contributed by atoms with Crippen LogP contribution in [0.4, 0.5) is 5.69 Å². The molecule has 7 heteroatoms. The van der Waals surface area contributed by atoms with Crippen LogP contribution in [0.25, 0.3) is 5.82 Å². The maximum Gasteiger partial charge on any atom is 0.261 e. The van der Waals surface area contributed by atoms with Crippen molar-refractivity contribution in [2.75, 3.05) is 11.9 Å². The van der Waals surface area contributed by atoms with Gasteiger partial charge in [0.15, 0.2) is 5.82 Å². The van der Waals surface area contributed by atoms with Crippen LogP contribution < -0.4 is 10.1 Å². The van der Waals surface area contributed by atoms with E-state index in [1.165, 1.54) is 0 Å². The van der Waals surface area contributed by atoms with E-state index in [0.29, 0.717) is 29.6 Å². The van der Waals surface area contributed by atoms with Gasteiger partial charge in [-0.1, -0.05) is 0 Å². The van der Waals surface area contributed by atoms with Gasteiger partial charge in [-0.15, -0.1) is 0 Å². The Hall–Kier alpha value is -3.22. The average Bonchev–Trinajstić information content (AvgIpc) is 2.94. The smallest absolute Gasteiger partial charge is 0.261 e. The van der Waals surface area contributed by atoms with Crippen molar-refractivity contribution in [1.29, 1.82) is 0 Å². The summed E-state index contributed by atoms with van der Waals surface area (Å²) in [5.74, 6) is 0.715. The first-order valence-electron chi connectivity index (χ1n) is 7.97. The topological polar surface area (TPSA) is 81.9 Å². The molecule has 0 fully saturated rings. The van der Waals surface area contributed by atoms with E-state index in [9.17, 15) is 4.79 Å². The average molecular weight is 337 g/mol. The van der Waals surface area contributed by atoms with Gasteiger partial charge in [0.2, 0.25) is 5.88 Å². The number of carbonyl (C=O) groups excluding carboxylic acids is 1.